The van der Waals surface area contributed by atoms with E-state index in [1.165, 1.54) is 0 Å². The first-order valence-electron chi connectivity index (χ1n) is 10.7. The first kappa shape index (κ1) is 21.2. The van der Waals surface area contributed by atoms with Crippen molar-refractivity contribution < 1.29 is 19.0 Å². The van der Waals surface area contributed by atoms with Crippen LogP contribution < -0.4 is 4.74 Å². The van der Waals surface area contributed by atoms with E-state index in [0.717, 1.165) is 43.5 Å². The molecule has 2 unspecified atom stereocenters. The van der Waals surface area contributed by atoms with E-state index < -0.39 is 6.23 Å². The molecule has 0 radical (unpaired) electrons. The molecule has 9 heteroatoms. The van der Waals surface area contributed by atoms with E-state index in [1.54, 1.807) is 12.2 Å². The van der Waals surface area contributed by atoms with Gasteiger partial charge >= 0.3 is 0 Å². The number of methoxy groups -OCH3 is 1. The van der Waals surface area contributed by atoms with Gasteiger partial charge in [-0.05, 0) is 29.8 Å². The average molecular weight is 457 g/mol. The van der Waals surface area contributed by atoms with E-state index in [2.05, 4.69) is 10.0 Å². The Labute approximate surface area is 191 Å². The Bertz CT molecular complexity index is 999. The molecule has 0 aromatic heterocycles. The highest BCUT2D eigenvalue weighted by Gasteiger charge is 2.42. The zero-order valence-corrected chi connectivity index (χ0v) is 18.5. The van der Waals surface area contributed by atoms with Crippen molar-refractivity contribution >= 4 is 23.8 Å². The highest BCUT2D eigenvalue weighted by atomic mass is 35.5. The lowest BCUT2D eigenvalue weighted by Gasteiger charge is -2.44. The van der Waals surface area contributed by atoms with Crippen molar-refractivity contribution in [2.45, 2.75) is 31.5 Å². The van der Waals surface area contributed by atoms with Crippen LogP contribution in [-0.2, 0) is 20.8 Å². The number of hydrazone groups is 1. The number of carbonyl (C=O) groups excluding carboxylic acids is 1. The van der Waals surface area contributed by atoms with E-state index in [4.69, 9.17) is 25.8 Å². The van der Waals surface area contributed by atoms with Crippen LogP contribution in [0.15, 0.2) is 53.6 Å². The molecule has 0 spiro atoms. The quantitative estimate of drug-likeness (QED) is 0.566. The van der Waals surface area contributed by atoms with Crippen molar-refractivity contribution in [3.8, 4) is 5.75 Å². The summed E-state index contributed by atoms with van der Waals surface area (Å²) >= 11 is 6.51. The number of ether oxygens (including phenoxy) is 3. The van der Waals surface area contributed by atoms with E-state index in [9.17, 15) is 4.79 Å². The number of hydrazine groups is 1. The molecule has 2 fully saturated rings. The van der Waals surface area contributed by atoms with Crippen LogP contribution in [0.5, 0.6) is 5.75 Å². The number of benzene rings is 2. The monoisotopic (exact) mass is 456 g/mol. The Balaban J connectivity index is 1.23. The largest absolute Gasteiger partial charge is 0.472 e. The third kappa shape index (κ3) is 4.19. The number of halogens is 1. The maximum Gasteiger partial charge on any atom is 0.260 e. The number of aldehydes is 1. The molecule has 2 aromatic rings. The Morgan fingerprint density at radius 3 is 2.69 bits per heavy atom. The number of rotatable bonds is 8. The molecule has 2 saturated heterocycles. The SMILES string of the molecule is COC1CN(Cc2ccc(OC3CCN3N3N=C(c4ccccc4)OC3C=O)c(Cl)c2)C1. The number of nitrogens with zero attached hydrogens (tertiary/aromatic N) is 4. The summed E-state index contributed by atoms with van der Waals surface area (Å²) in [5.74, 6) is 1.02. The molecular formula is C23H25ClN4O4. The van der Waals surface area contributed by atoms with Gasteiger partial charge in [-0.15, -0.1) is 5.10 Å². The Hall–Kier alpha value is -2.65. The zero-order chi connectivity index (χ0) is 22.1. The Kier molecular flexibility index (Phi) is 6.01. The van der Waals surface area contributed by atoms with Crippen LogP contribution in [0.4, 0.5) is 0 Å². The standard InChI is InChI=1S/C23H25ClN4O4/c1-30-18-13-26(14-18)12-16-7-8-20(19(24)11-16)31-21-9-10-27(21)28-22(15-29)32-23(25-28)17-5-3-2-4-6-17/h2-8,11,15,18,21-22H,9-10,12-14H2,1H3. The second-order valence-electron chi connectivity index (χ2n) is 8.08. The number of hydrogen-bond donors (Lipinski definition) is 0. The fourth-order valence-corrected chi connectivity index (χ4v) is 4.22. The highest BCUT2D eigenvalue weighted by molar-refractivity contribution is 6.32. The first-order valence-corrected chi connectivity index (χ1v) is 11.0. The molecule has 0 amide bonds. The Morgan fingerprint density at radius 2 is 2.03 bits per heavy atom. The fourth-order valence-electron chi connectivity index (χ4n) is 3.98. The van der Waals surface area contributed by atoms with Gasteiger partial charge in [-0.3, -0.25) is 9.69 Å². The van der Waals surface area contributed by atoms with Crippen LogP contribution in [0.2, 0.25) is 5.02 Å². The summed E-state index contributed by atoms with van der Waals surface area (Å²) in [4.78, 5) is 13.9. The third-order valence-corrected chi connectivity index (χ3v) is 6.21. The fraction of sp³-hybridized carbons (Fsp3) is 0.391. The molecule has 168 valence electrons. The van der Waals surface area contributed by atoms with Gasteiger partial charge in [0, 0.05) is 45.3 Å². The minimum Gasteiger partial charge on any atom is -0.472 e. The molecule has 0 aliphatic carbocycles. The normalized spacial score (nSPS) is 23.8. The van der Waals surface area contributed by atoms with E-state index in [1.807, 2.05) is 53.5 Å². The molecule has 0 N–H and O–H groups in total. The number of likely N-dealkylation sites (tertiary alicyclic amines) is 1. The first-order chi connectivity index (χ1) is 15.6. The van der Waals surface area contributed by atoms with Gasteiger partial charge in [-0.25, -0.2) is 0 Å². The number of hydrogen-bond acceptors (Lipinski definition) is 8. The molecule has 3 aliphatic rings. The van der Waals surface area contributed by atoms with Crippen LogP contribution in [0.25, 0.3) is 0 Å². The summed E-state index contributed by atoms with van der Waals surface area (Å²) < 4.78 is 17.2. The summed E-state index contributed by atoms with van der Waals surface area (Å²) in [6, 6.07) is 15.4. The minimum absolute atomic E-state index is 0.277. The smallest absolute Gasteiger partial charge is 0.260 e. The second-order valence-corrected chi connectivity index (χ2v) is 8.48. The van der Waals surface area contributed by atoms with E-state index >= 15 is 0 Å². The van der Waals surface area contributed by atoms with Gasteiger partial charge in [-0.2, -0.15) is 10.1 Å². The van der Waals surface area contributed by atoms with Crippen molar-refractivity contribution in [2.24, 2.45) is 5.10 Å². The summed E-state index contributed by atoms with van der Waals surface area (Å²) in [6.45, 7) is 3.41. The maximum atomic E-state index is 11.6. The third-order valence-electron chi connectivity index (χ3n) is 5.91. The predicted octanol–water partition coefficient (Wildman–Crippen LogP) is 2.72. The molecule has 3 aliphatic heterocycles. The van der Waals surface area contributed by atoms with Gasteiger partial charge in [0.25, 0.3) is 6.23 Å². The molecule has 32 heavy (non-hydrogen) atoms. The van der Waals surface area contributed by atoms with Gasteiger partial charge < -0.3 is 14.2 Å². The number of carbonyl (C=O) groups is 1. The van der Waals surface area contributed by atoms with Gasteiger partial charge in [0.2, 0.25) is 5.90 Å². The van der Waals surface area contributed by atoms with Crippen LogP contribution in [0.1, 0.15) is 17.5 Å². The Morgan fingerprint density at radius 1 is 1.22 bits per heavy atom. The summed E-state index contributed by atoms with van der Waals surface area (Å²) in [6.07, 6.45) is 0.763. The van der Waals surface area contributed by atoms with E-state index in [0.29, 0.717) is 29.3 Å². The van der Waals surface area contributed by atoms with Crippen molar-refractivity contribution in [2.75, 3.05) is 26.7 Å². The van der Waals surface area contributed by atoms with Crippen LogP contribution >= 0.6 is 11.6 Å². The summed E-state index contributed by atoms with van der Waals surface area (Å²) in [5, 5.41) is 8.52. The molecule has 2 aromatic carbocycles. The average Bonchev–Trinajstić information content (AvgIpc) is 3.18. The molecular weight excluding hydrogens is 432 g/mol. The molecule has 2 atom stereocenters. The zero-order valence-electron chi connectivity index (χ0n) is 17.8. The molecule has 8 nitrogen and oxygen atoms in total. The van der Waals surface area contributed by atoms with Crippen LogP contribution in [0, 0.1) is 0 Å². The lowest BCUT2D eigenvalue weighted by atomic mass is 10.1. The van der Waals surface area contributed by atoms with Crippen molar-refractivity contribution in [1.29, 1.82) is 0 Å². The molecule has 0 bridgehead atoms. The van der Waals surface area contributed by atoms with Crippen LogP contribution in [0.3, 0.4) is 0 Å². The van der Waals surface area contributed by atoms with Crippen LogP contribution in [-0.4, -0.2) is 72.5 Å². The lowest BCUT2D eigenvalue weighted by Crippen LogP contribution is -2.60. The lowest BCUT2D eigenvalue weighted by molar-refractivity contribution is -0.218. The van der Waals surface area contributed by atoms with Gasteiger partial charge in [0.1, 0.15) is 5.75 Å². The molecule has 5 rings (SSSR count). The topological polar surface area (TPSA) is 66.8 Å². The summed E-state index contributed by atoms with van der Waals surface area (Å²) in [5.41, 5.74) is 1.95. The maximum absolute atomic E-state index is 11.6. The highest BCUT2D eigenvalue weighted by Crippen LogP contribution is 2.33. The van der Waals surface area contributed by atoms with Crippen molar-refractivity contribution in [1.82, 2.24) is 15.0 Å². The molecule has 0 saturated carbocycles. The van der Waals surface area contributed by atoms with Crippen molar-refractivity contribution in [3.63, 3.8) is 0 Å². The van der Waals surface area contributed by atoms with Gasteiger partial charge in [0.15, 0.2) is 12.5 Å². The predicted molar refractivity (Wildman–Crippen MR) is 119 cm³/mol. The second kappa shape index (κ2) is 9.07. The van der Waals surface area contributed by atoms with Gasteiger partial charge in [-0.1, -0.05) is 35.9 Å². The van der Waals surface area contributed by atoms with E-state index in [-0.39, 0.29) is 6.23 Å². The molecule has 3 heterocycles. The summed E-state index contributed by atoms with van der Waals surface area (Å²) in [7, 11) is 1.74. The van der Waals surface area contributed by atoms with Crippen molar-refractivity contribution in [3.05, 3.63) is 64.7 Å². The minimum atomic E-state index is -0.818. The van der Waals surface area contributed by atoms with Gasteiger partial charge in [0.05, 0.1) is 11.1 Å².